The van der Waals surface area contributed by atoms with Gasteiger partial charge in [0.15, 0.2) is 9.84 Å². The lowest BCUT2D eigenvalue weighted by Crippen LogP contribution is -2.22. The zero-order chi connectivity index (χ0) is 17.7. The molecule has 2 rings (SSSR count). The lowest BCUT2D eigenvalue weighted by Gasteiger charge is -2.11. The summed E-state index contributed by atoms with van der Waals surface area (Å²) >= 11 is 0. The molecule has 128 valence electrons. The number of benzene rings is 2. The largest absolute Gasteiger partial charge is 0.494 e. The normalized spacial score (nSPS) is 11.0. The molecule has 24 heavy (non-hydrogen) atoms. The third kappa shape index (κ3) is 4.69. The number of sulfone groups is 1. The van der Waals surface area contributed by atoms with E-state index in [-0.39, 0.29) is 17.3 Å². The van der Waals surface area contributed by atoms with Crippen LogP contribution in [0.4, 0.5) is 15.8 Å². The molecule has 2 aromatic carbocycles. The second-order valence-corrected chi connectivity index (χ2v) is 7.06. The molecule has 0 radical (unpaired) electrons. The molecule has 0 aromatic heterocycles. The molecule has 0 atom stereocenters. The van der Waals surface area contributed by atoms with Gasteiger partial charge in [-0.3, -0.25) is 4.79 Å². The summed E-state index contributed by atoms with van der Waals surface area (Å²) in [6, 6.07) is 9.79. The van der Waals surface area contributed by atoms with Crippen molar-refractivity contribution in [3.8, 4) is 5.75 Å². The first-order chi connectivity index (χ1) is 11.3. The Morgan fingerprint density at radius 1 is 1.17 bits per heavy atom. The SMILES string of the molecule is COc1cc(F)ccc1NCC(=O)Nc1ccc(S(C)(=O)=O)cc1. The van der Waals surface area contributed by atoms with Crippen LogP contribution < -0.4 is 15.4 Å². The van der Waals surface area contributed by atoms with Crippen LogP contribution in [0.2, 0.25) is 0 Å². The molecule has 0 saturated heterocycles. The predicted molar refractivity (Wildman–Crippen MR) is 89.6 cm³/mol. The highest BCUT2D eigenvalue weighted by atomic mass is 32.2. The van der Waals surface area contributed by atoms with Crippen LogP contribution in [0, 0.1) is 5.82 Å². The van der Waals surface area contributed by atoms with Crippen molar-refractivity contribution in [2.45, 2.75) is 4.90 Å². The van der Waals surface area contributed by atoms with Gasteiger partial charge in [0.2, 0.25) is 5.91 Å². The topological polar surface area (TPSA) is 84.5 Å². The molecule has 0 bridgehead atoms. The highest BCUT2D eigenvalue weighted by Gasteiger charge is 2.09. The number of hydrogen-bond donors (Lipinski definition) is 2. The highest BCUT2D eigenvalue weighted by molar-refractivity contribution is 7.90. The number of methoxy groups -OCH3 is 1. The van der Waals surface area contributed by atoms with E-state index in [0.29, 0.717) is 17.1 Å². The molecule has 0 unspecified atom stereocenters. The number of halogens is 1. The summed E-state index contributed by atoms with van der Waals surface area (Å²) in [6.45, 7) is -0.0597. The maximum atomic E-state index is 13.1. The third-order valence-electron chi connectivity index (χ3n) is 3.17. The Morgan fingerprint density at radius 3 is 2.42 bits per heavy atom. The molecule has 0 heterocycles. The van der Waals surface area contributed by atoms with Gasteiger partial charge < -0.3 is 15.4 Å². The van der Waals surface area contributed by atoms with E-state index >= 15 is 0 Å². The summed E-state index contributed by atoms with van der Waals surface area (Å²) in [4.78, 5) is 12.1. The second kappa shape index (κ2) is 7.31. The quantitative estimate of drug-likeness (QED) is 0.833. The van der Waals surface area contributed by atoms with E-state index in [2.05, 4.69) is 10.6 Å². The molecule has 2 N–H and O–H groups in total. The maximum Gasteiger partial charge on any atom is 0.243 e. The average molecular weight is 352 g/mol. The van der Waals surface area contributed by atoms with Gasteiger partial charge in [0, 0.05) is 18.0 Å². The molecule has 0 fully saturated rings. The van der Waals surface area contributed by atoms with E-state index in [4.69, 9.17) is 4.74 Å². The van der Waals surface area contributed by atoms with Crippen LogP contribution in [-0.2, 0) is 14.6 Å². The number of amides is 1. The van der Waals surface area contributed by atoms with Gasteiger partial charge in [0.1, 0.15) is 11.6 Å². The number of hydrogen-bond acceptors (Lipinski definition) is 5. The van der Waals surface area contributed by atoms with Gasteiger partial charge in [0.25, 0.3) is 0 Å². The second-order valence-electron chi connectivity index (χ2n) is 5.04. The van der Waals surface area contributed by atoms with Gasteiger partial charge in [0.05, 0.1) is 24.2 Å². The Labute approximate surface area is 139 Å². The zero-order valence-electron chi connectivity index (χ0n) is 13.2. The first-order valence-electron chi connectivity index (χ1n) is 6.97. The minimum Gasteiger partial charge on any atom is -0.494 e. The smallest absolute Gasteiger partial charge is 0.243 e. The molecule has 0 saturated carbocycles. The van der Waals surface area contributed by atoms with Crippen molar-refractivity contribution in [2.75, 3.05) is 30.5 Å². The van der Waals surface area contributed by atoms with Crippen molar-refractivity contribution in [3.63, 3.8) is 0 Å². The Balaban J connectivity index is 1.96. The van der Waals surface area contributed by atoms with Crippen molar-refractivity contribution in [1.82, 2.24) is 0 Å². The summed E-state index contributed by atoms with van der Waals surface area (Å²) in [5.74, 6) is -0.485. The fraction of sp³-hybridized carbons (Fsp3) is 0.188. The van der Waals surface area contributed by atoms with E-state index in [1.165, 1.54) is 49.6 Å². The molecule has 2 aromatic rings. The third-order valence-corrected chi connectivity index (χ3v) is 4.30. The lowest BCUT2D eigenvalue weighted by atomic mass is 10.2. The van der Waals surface area contributed by atoms with E-state index in [9.17, 15) is 17.6 Å². The molecule has 8 heteroatoms. The average Bonchev–Trinajstić information content (AvgIpc) is 2.53. The van der Waals surface area contributed by atoms with Crippen molar-refractivity contribution >= 4 is 27.1 Å². The summed E-state index contributed by atoms with van der Waals surface area (Å²) in [6.07, 6.45) is 1.11. The van der Waals surface area contributed by atoms with E-state index in [1.54, 1.807) is 0 Å². The minimum absolute atomic E-state index is 0.0597. The molecule has 0 aliphatic heterocycles. The molecule has 1 amide bonds. The lowest BCUT2D eigenvalue weighted by molar-refractivity contribution is -0.114. The first-order valence-corrected chi connectivity index (χ1v) is 8.86. The van der Waals surface area contributed by atoms with Crippen molar-refractivity contribution in [3.05, 3.63) is 48.3 Å². The van der Waals surface area contributed by atoms with Gasteiger partial charge in [-0.15, -0.1) is 0 Å². The molecule has 0 aliphatic carbocycles. The Hall–Kier alpha value is -2.61. The Morgan fingerprint density at radius 2 is 1.83 bits per heavy atom. The molecular weight excluding hydrogens is 335 g/mol. The van der Waals surface area contributed by atoms with Gasteiger partial charge in [-0.25, -0.2) is 12.8 Å². The summed E-state index contributed by atoms with van der Waals surface area (Å²) in [7, 11) is -1.87. The number of ether oxygens (including phenoxy) is 1. The summed E-state index contributed by atoms with van der Waals surface area (Å²) in [5, 5.41) is 5.48. The van der Waals surface area contributed by atoms with Crippen molar-refractivity contribution in [1.29, 1.82) is 0 Å². The Bertz CT molecular complexity index is 836. The van der Waals surface area contributed by atoms with Crippen molar-refractivity contribution < 1.29 is 22.3 Å². The van der Waals surface area contributed by atoms with E-state index < -0.39 is 15.7 Å². The highest BCUT2D eigenvalue weighted by Crippen LogP contribution is 2.24. The number of anilines is 2. The van der Waals surface area contributed by atoms with Crippen LogP contribution in [0.3, 0.4) is 0 Å². The van der Waals surface area contributed by atoms with Crippen LogP contribution in [0.5, 0.6) is 5.75 Å². The monoisotopic (exact) mass is 352 g/mol. The molecule has 0 spiro atoms. The van der Waals surface area contributed by atoms with Crippen LogP contribution in [0.15, 0.2) is 47.4 Å². The standard InChI is InChI=1S/C16H17FN2O4S/c1-23-15-9-11(17)3-8-14(15)18-10-16(20)19-12-4-6-13(7-5-12)24(2,21)22/h3-9,18H,10H2,1-2H3,(H,19,20). The van der Waals surface area contributed by atoms with Crippen LogP contribution in [-0.4, -0.2) is 34.2 Å². The fourth-order valence-corrected chi connectivity index (χ4v) is 2.61. The van der Waals surface area contributed by atoms with E-state index in [1.807, 2.05) is 0 Å². The van der Waals surface area contributed by atoms with E-state index in [0.717, 1.165) is 6.26 Å². The number of nitrogens with one attached hydrogen (secondary N) is 2. The maximum absolute atomic E-state index is 13.1. The molecule has 0 aliphatic rings. The van der Waals surface area contributed by atoms with Crippen LogP contribution in [0.25, 0.3) is 0 Å². The molecular formula is C16H17FN2O4S. The number of carbonyl (C=O) groups excluding carboxylic acids is 1. The molecule has 6 nitrogen and oxygen atoms in total. The van der Waals surface area contributed by atoms with Crippen LogP contribution >= 0.6 is 0 Å². The summed E-state index contributed by atoms with van der Waals surface area (Å²) < 4.78 is 40.9. The number of rotatable bonds is 6. The van der Waals surface area contributed by atoms with Gasteiger partial charge >= 0.3 is 0 Å². The van der Waals surface area contributed by atoms with Gasteiger partial charge in [-0.1, -0.05) is 0 Å². The Kier molecular flexibility index (Phi) is 5.40. The van der Waals surface area contributed by atoms with Gasteiger partial charge in [-0.05, 0) is 36.4 Å². The van der Waals surface area contributed by atoms with Crippen LogP contribution in [0.1, 0.15) is 0 Å². The minimum atomic E-state index is -3.28. The van der Waals surface area contributed by atoms with Gasteiger partial charge in [-0.2, -0.15) is 0 Å². The number of carbonyl (C=O) groups is 1. The fourth-order valence-electron chi connectivity index (χ4n) is 1.98. The van der Waals surface area contributed by atoms with Crippen molar-refractivity contribution in [2.24, 2.45) is 0 Å². The summed E-state index contributed by atoms with van der Waals surface area (Å²) in [5.41, 5.74) is 0.960. The zero-order valence-corrected chi connectivity index (χ0v) is 14.0. The predicted octanol–water partition coefficient (Wildman–Crippen LogP) is 2.29. The first kappa shape index (κ1) is 17.7.